The highest BCUT2D eigenvalue weighted by atomic mass is 16.5. The molecule has 0 radical (unpaired) electrons. The van der Waals surface area contributed by atoms with Gasteiger partial charge in [-0.2, -0.15) is 4.98 Å². The van der Waals surface area contributed by atoms with Gasteiger partial charge in [0.25, 0.3) is 0 Å². The van der Waals surface area contributed by atoms with Crippen molar-refractivity contribution in [1.29, 1.82) is 0 Å². The highest BCUT2D eigenvalue weighted by Gasteiger charge is 2.43. The standard InChI is InChI=1S/C14H17N3O/c1-14(6-7-14)13-16-12(18-17-13)8-10-4-2-3-5-11(10)9-15/h2-5H,6-9,15H2,1H3. The molecule has 1 aliphatic rings. The van der Waals surface area contributed by atoms with Gasteiger partial charge < -0.3 is 10.3 Å². The minimum atomic E-state index is 0.162. The summed E-state index contributed by atoms with van der Waals surface area (Å²) in [5, 5.41) is 4.08. The molecule has 0 unspecified atom stereocenters. The van der Waals surface area contributed by atoms with Gasteiger partial charge in [-0.25, -0.2) is 0 Å². The van der Waals surface area contributed by atoms with Crippen LogP contribution in [0.4, 0.5) is 0 Å². The molecule has 0 bridgehead atoms. The zero-order valence-corrected chi connectivity index (χ0v) is 10.5. The first kappa shape index (κ1) is 11.4. The van der Waals surface area contributed by atoms with E-state index in [4.69, 9.17) is 10.3 Å². The molecule has 3 rings (SSSR count). The molecule has 0 saturated heterocycles. The largest absolute Gasteiger partial charge is 0.339 e. The summed E-state index contributed by atoms with van der Waals surface area (Å²) in [5.74, 6) is 1.53. The molecule has 1 saturated carbocycles. The molecule has 1 aromatic heterocycles. The second-order valence-electron chi connectivity index (χ2n) is 5.22. The normalized spacial score (nSPS) is 16.8. The molecule has 18 heavy (non-hydrogen) atoms. The molecular weight excluding hydrogens is 226 g/mol. The predicted octanol–water partition coefficient (Wildman–Crippen LogP) is 2.17. The average molecular weight is 243 g/mol. The van der Waals surface area contributed by atoms with Crippen molar-refractivity contribution < 1.29 is 4.52 Å². The Kier molecular flexibility index (Phi) is 2.67. The van der Waals surface area contributed by atoms with Gasteiger partial charge in [-0.1, -0.05) is 36.3 Å². The van der Waals surface area contributed by atoms with Crippen molar-refractivity contribution in [1.82, 2.24) is 10.1 Å². The van der Waals surface area contributed by atoms with Gasteiger partial charge in [0.2, 0.25) is 5.89 Å². The third kappa shape index (κ3) is 2.04. The van der Waals surface area contributed by atoms with Crippen LogP contribution in [0.25, 0.3) is 0 Å². The van der Waals surface area contributed by atoms with E-state index in [1.54, 1.807) is 0 Å². The van der Waals surface area contributed by atoms with E-state index in [1.165, 1.54) is 0 Å². The van der Waals surface area contributed by atoms with Crippen LogP contribution in [-0.2, 0) is 18.4 Å². The van der Waals surface area contributed by atoms with Gasteiger partial charge in [-0.3, -0.25) is 0 Å². The summed E-state index contributed by atoms with van der Waals surface area (Å²) in [4.78, 5) is 4.50. The Morgan fingerprint density at radius 1 is 1.28 bits per heavy atom. The quantitative estimate of drug-likeness (QED) is 0.893. The molecule has 0 aliphatic heterocycles. The Morgan fingerprint density at radius 3 is 2.67 bits per heavy atom. The zero-order chi connectivity index (χ0) is 12.6. The van der Waals surface area contributed by atoms with Crippen LogP contribution in [-0.4, -0.2) is 10.1 Å². The number of aromatic nitrogens is 2. The first-order valence-corrected chi connectivity index (χ1v) is 6.31. The lowest BCUT2D eigenvalue weighted by Gasteiger charge is -2.04. The van der Waals surface area contributed by atoms with E-state index in [2.05, 4.69) is 23.1 Å². The molecule has 0 amide bonds. The van der Waals surface area contributed by atoms with Crippen molar-refractivity contribution in [3.63, 3.8) is 0 Å². The molecule has 1 heterocycles. The fourth-order valence-electron chi connectivity index (χ4n) is 2.07. The van der Waals surface area contributed by atoms with Gasteiger partial charge in [-0.15, -0.1) is 0 Å². The lowest BCUT2D eigenvalue weighted by molar-refractivity contribution is 0.375. The van der Waals surface area contributed by atoms with Gasteiger partial charge in [0.15, 0.2) is 5.82 Å². The molecule has 4 nitrogen and oxygen atoms in total. The summed E-state index contributed by atoms with van der Waals surface area (Å²) in [7, 11) is 0. The lowest BCUT2D eigenvalue weighted by Crippen LogP contribution is -2.04. The lowest BCUT2D eigenvalue weighted by atomic mass is 10.0. The summed E-state index contributed by atoms with van der Waals surface area (Å²) < 4.78 is 5.33. The molecular formula is C14H17N3O. The van der Waals surface area contributed by atoms with Gasteiger partial charge in [0.05, 0.1) is 6.42 Å². The molecule has 0 spiro atoms. The number of hydrogen-bond donors (Lipinski definition) is 1. The van der Waals surface area contributed by atoms with Crippen molar-refractivity contribution in [3.8, 4) is 0 Å². The highest BCUT2D eigenvalue weighted by Crippen LogP contribution is 2.45. The molecule has 2 N–H and O–H groups in total. The average Bonchev–Trinajstić information content (AvgIpc) is 2.96. The Bertz CT molecular complexity index is 558. The van der Waals surface area contributed by atoms with Crippen LogP contribution in [0.3, 0.4) is 0 Å². The van der Waals surface area contributed by atoms with Crippen molar-refractivity contribution in [2.45, 2.75) is 38.1 Å². The van der Waals surface area contributed by atoms with Crippen molar-refractivity contribution >= 4 is 0 Å². The third-order valence-electron chi connectivity index (χ3n) is 3.69. The maximum absolute atomic E-state index is 5.72. The summed E-state index contributed by atoms with van der Waals surface area (Å²) in [6.07, 6.45) is 2.98. The second kappa shape index (κ2) is 4.21. The summed E-state index contributed by atoms with van der Waals surface area (Å²) >= 11 is 0. The maximum Gasteiger partial charge on any atom is 0.231 e. The smallest absolute Gasteiger partial charge is 0.231 e. The minimum Gasteiger partial charge on any atom is -0.339 e. The minimum absolute atomic E-state index is 0.162. The summed E-state index contributed by atoms with van der Waals surface area (Å²) in [6.45, 7) is 2.71. The Labute approximate surface area is 106 Å². The molecule has 0 atom stereocenters. The Hall–Kier alpha value is -1.68. The molecule has 2 aromatic rings. The van der Waals surface area contributed by atoms with E-state index in [-0.39, 0.29) is 5.41 Å². The third-order valence-corrected chi connectivity index (χ3v) is 3.69. The molecule has 1 fully saturated rings. The zero-order valence-electron chi connectivity index (χ0n) is 10.5. The number of hydrogen-bond acceptors (Lipinski definition) is 4. The first-order chi connectivity index (χ1) is 8.71. The van der Waals surface area contributed by atoms with Gasteiger partial charge in [0.1, 0.15) is 0 Å². The second-order valence-corrected chi connectivity index (χ2v) is 5.22. The Balaban J connectivity index is 1.82. The maximum atomic E-state index is 5.72. The van der Waals surface area contributed by atoms with E-state index in [0.29, 0.717) is 18.9 Å². The first-order valence-electron chi connectivity index (χ1n) is 6.31. The number of nitrogens with zero attached hydrogens (tertiary/aromatic N) is 2. The topological polar surface area (TPSA) is 64.9 Å². The molecule has 1 aromatic carbocycles. The summed E-state index contributed by atoms with van der Waals surface area (Å²) in [5.41, 5.74) is 8.18. The van der Waals surface area contributed by atoms with Gasteiger partial charge in [0, 0.05) is 12.0 Å². The molecule has 4 heteroatoms. The van der Waals surface area contributed by atoms with Crippen LogP contribution in [0.2, 0.25) is 0 Å². The van der Waals surface area contributed by atoms with E-state index in [0.717, 1.165) is 29.8 Å². The number of rotatable bonds is 4. The van der Waals surface area contributed by atoms with Crippen LogP contribution >= 0.6 is 0 Å². The molecule has 1 aliphatic carbocycles. The van der Waals surface area contributed by atoms with Gasteiger partial charge >= 0.3 is 0 Å². The van der Waals surface area contributed by atoms with Crippen molar-refractivity contribution in [3.05, 3.63) is 47.1 Å². The van der Waals surface area contributed by atoms with Crippen LogP contribution in [0.1, 0.15) is 42.6 Å². The number of nitrogens with two attached hydrogens (primary N) is 1. The fraction of sp³-hybridized carbons (Fsp3) is 0.429. The van der Waals surface area contributed by atoms with Gasteiger partial charge in [-0.05, 0) is 24.0 Å². The van der Waals surface area contributed by atoms with E-state index >= 15 is 0 Å². The molecule has 94 valence electrons. The SMILES string of the molecule is CC1(c2noc(Cc3ccccc3CN)n2)CC1. The van der Waals surface area contributed by atoms with Crippen molar-refractivity contribution in [2.24, 2.45) is 5.73 Å². The van der Waals surface area contributed by atoms with Crippen molar-refractivity contribution in [2.75, 3.05) is 0 Å². The van der Waals surface area contributed by atoms with E-state index in [9.17, 15) is 0 Å². The predicted molar refractivity (Wildman–Crippen MR) is 68.0 cm³/mol. The van der Waals surface area contributed by atoms with Crippen LogP contribution in [0.5, 0.6) is 0 Å². The highest BCUT2D eigenvalue weighted by molar-refractivity contribution is 5.29. The van der Waals surface area contributed by atoms with E-state index in [1.807, 2.05) is 18.2 Å². The van der Waals surface area contributed by atoms with E-state index < -0.39 is 0 Å². The summed E-state index contributed by atoms with van der Waals surface area (Å²) in [6, 6.07) is 8.10. The van der Waals surface area contributed by atoms with Crippen LogP contribution < -0.4 is 5.73 Å². The van der Waals surface area contributed by atoms with Crippen LogP contribution in [0.15, 0.2) is 28.8 Å². The Morgan fingerprint density at radius 2 is 2.00 bits per heavy atom. The monoisotopic (exact) mass is 243 g/mol. The fourth-order valence-corrected chi connectivity index (χ4v) is 2.07. The number of benzene rings is 1. The van der Waals surface area contributed by atoms with Crippen LogP contribution in [0, 0.1) is 0 Å².